The summed E-state index contributed by atoms with van der Waals surface area (Å²) in [5, 5.41) is 21.8. The molecule has 1 spiro atoms. The molecule has 0 saturated heterocycles. The van der Waals surface area contributed by atoms with Crippen LogP contribution in [-0.4, -0.2) is 10.2 Å². The van der Waals surface area contributed by atoms with Crippen LogP contribution in [0.5, 0.6) is 17.2 Å². The molecule has 3 aromatic rings. The molecule has 0 bridgehead atoms. The van der Waals surface area contributed by atoms with Crippen molar-refractivity contribution in [3.05, 3.63) is 112 Å². The molecule has 0 radical (unpaired) electrons. The average molecular weight is 511 g/mol. The van der Waals surface area contributed by atoms with Gasteiger partial charge in [0.15, 0.2) is 0 Å². The topological polar surface area (TPSA) is 58.9 Å². The zero-order valence-electron chi connectivity index (χ0n) is 21.6. The summed E-state index contributed by atoms with van der Waals surface area (Å²) in [6.45, 7) is 12.3. The molecule has 0 aromatic heterocycles. The van der Waals surface area contributed by atoms with Gasteiger partial charge in [-0.2, -0.15) is 0 Å². The van der Waals surface area contributed by atoms with E-state index in [2.05, 4.69) is 18.7 Å². The van der Waals surface area contributed by atoms with Crippen molar-refractivity contribution in [1.82, 2.24) is 0 Å². The quantitative estimate of drug-likeness (QED) is 0.340. The van der Waals surface area contributed by atoms with E-state index in [9.17, 15) is 10.2 Å². The SMILES string of the molecule is C=C1/C=C\C=C(\O)C2c3c(OPOc4c(C)cc(C)cc4-c4cc(C)cc(C)c4O)cccc3C23CC13. The fraction of sp³-hybridized carbons (Fsp3) is 0.250. The van der Waals surface area contributed by atoms with Gasteiger partial charge in [0.2, 0.25) is 0 Å². The van der Waals surface area contributed by atoms with Crippen LogP contribution >= 0.6 is 9.03 Å². The predicted molar refractivity (Wildman–Crippen MR) is 150 cm³/mol. The van der Waals surface area contributed by atoms with Gasteiger partial charge < -0.3 is 19.3 Å². The van der Waals surface area contributed by atoms with E-state index in [4.69, 9.17) is 9.05 Å². The van der Waals surface area contributed by atoms with E-state index >= 15 is 0 Å². The number of phenolic OH excluding ortho intramolecular Hbond substituents is 1. The first-order valence-corrected chi connectivity index (χ1v) is 13.4. The molecule has 3 aliphatic rings. The second kappa shape index (κ2) is 8.53. The van der Waals surface area contributed by atoms with Gasteiger partial charge in [0.1, 0.15) is 23.0 Å². The smallest absolute Gasteiger partial charge is 0.275 e. The maximum Gasteiger partial charge on any atom is 0.275 e. The Morgan fingerprint density at radius 2 is 1.68 bits per heavy atom. The van der Waals surface area contributed by atoms with Gasteiger partial charge in [-0.15, -0.1) is 0 Å². The number of benzene rings is 3. The van der Waals surface area contributed by atoms with Crippen molar-refractivity contribution in [2.45, 2.75) is 45.4 Å². The molecule has 1 saturated carbocycles. The standard InChI is InChI=1S/C32H31O4P/c1-17-12-20(4)30(34)22(14-17)23-15-18(2)13-21(5)31(23)36-37-35-27-11-7-9-24-28(27)29-26(33)10-6-8-19(3)25-16-32(24,25)29/h6-15,25,29,33-34,37H,3,16H2,1-2,4-5H3/b8-6-,26-10+. The number of rotatable bonds is 5. The van der Waals surface area contributed by atoms with Crippen molar-refractivity contribution in [1.29, 1.82) is 0 Å². The maximum absolute atomic E-state index is 10.9. The Bertz CT molecular complexity index is 1530. The van der Waals surface area contributed by atoms with Crippen LogP contribution in [0.25, 0.3) is 11.1 Å². The molecule has 0 aliphatic heterocycles. The summed E-state index contributed by atoms with van der Waals surface area (Å²) in [6.07, 6.45) is 6.67. The van der Waals surface area contributed by atoms with E-state index in [-0.39, 0.29) is 26.1 Å². The number of hydrogen-bond acceptors (Lipinski definition) is 4. The van der Waals surface area contributed by atoms with Crippen LogP contribution in [-0.2, 0) is 5.41 Å². The number of aromatic hydroxyl groups is 1. The minimum atomic E-state index is -0.285. The molecular weight excluding hydrogens is 479 g/mol. The van der Waals surface area contributed by atoms with Crippen LogP contribution in [0.3, 0.4) is 0 Å². The minimum Gasteiger partial charge on any atom is -0.512 e. The first-order chi connectivity index (χ1) is 17.7. The summed E-state index contributed by atoms with van der Waals surface area (Å²) >= 11 is 0. The van der Waals surface area contributed by atoms with Crippen LogP contribution in [0.2, 0.25) is 0 Å². The van der Waals surface area contributed by atoms with Gasteiger partial charge in [-0.1, -0.05) is 48.6 Å². The number of aliphatic hydroxyl groups is 1. The summed E-state index contributed by atoms with van der Waals surface area (Å²) in [5.74, 6) is 2.36. The monoisotopic (exact) mass is 510 g/mol. The highest BCUT2D eigenvalue weighted by atomic mass is 31.1. The zero-order valence-corrected chi connectivity index (χ0v) is 22.6. The van der Waals surface area contributed by atoms with E-state index in [0.29, 0.717) is 17.4 Å². The van der Waals surface area contributed by atoms with Crippen molar-refractivity contribution in [3.63, 3.8) is 0 Å². The lowest BCUT2D eigenvalue weighted by atomic mass is 9.61. The molecular formula is C32H31O4P. The number of aliphatic hydroxyl groups excluding tert-OH is 1. The maximum atomic E-state index is 10.9. The first kappa shape index (κ1) is 23.9. The van der Waals surface area contributed by atoms with Crippen molar-refractivity contribution in [2.75, 3.05) is 0 Å². The summed E-state index contributed by atoms with van der Waals surface area (Å²) in [7, 11) is -0.285. The Balaban J connectivity index is 1.31. The van der Waals surface area contributed by atoms with Gasteiger partial charge in [0.05, 0.1) is 5.92 Å². The predicted octanol–water partition coefficient (Wildman–Crippen LogP) is 8.18. The Labute approximate surface area is 219 Å². The Kier molecular flexibility index (Phi) is 5.51. The van der Waals surface area contributed by atoms with Crippen LogP contribution < -0.4 is 9.05 Å². The molecule has 0 heterocycles. The molecule has 1 fully saturated rings. The molecule has 4 nitrogen and oxygen atoms in total. The second-order valence-corrected chi connectivity index (χ2v) is 11.3. The van der Waals surface area contributed by atoms with Gasteiger partial charge in [0.25, 0.3) is 9.03 Å². The summed E-state index contributed by atoms with van der Waals surface area (Å²) in [6, 6.07) is 14.2. The molecule has 3 aromatic carbocycles. The highest BCUT2D eigenvalue weighted by molar-refractivity contribution is 7.27. The van der Waals surface area contributed by atoms with E-state index in [1.54, 1.807) is 6.08 Å². The number of allylic oxidation sites excluding steroid dienone is 5. The third kappa shape index (κ3) is 3.61. The summed E-state index contributed by atoms with van der Waals surface area (Å²) in [4.78, 5) is 0. The summed E-state index contributed by atoms with van der Waals surface area (Å²) < 4.78 is 12.5. The van der Waals surface area contributed by atoms with Crippen molar-refractivity contribution < 1.29 is 19.3 Å². The second-order valence-electron chi connectivity index (χ2n) is 10.7. The van der Waals surface area contributed by atoms with Gasteiger partial charge in [-0.05, 0) is 92.1 Å². The lowest BCUT2D eigenvalue weighted by Crippen LogP contribution is -2.35. The van der Waals surface area contributed by atoms with Gasteiger partial charge in [-0.25, -0.2) is 0 Å². The van der Waals surface area contributed by atoms with E-state index < -0.39 is 0 Å². The molecule has 37 heavy (non-hydrogen) atoms. The Hall–Kier alpha value is -3.49. The van der Waals surface area contributed by atoms with Crippen LogP contribution in [0.4, 0.5) is 0 Å². The molecule has 0 amide bonds. The van der Waals surface area contributed by atoms with Gasteiger partial charge in [-0.3, -0.25) is 0 Å². The van der Waals surface area contributed by atoms with Crippen LogP contribution in [0.1, 0.15) is 45.7 Å². The van der Waals surface area contributed by atoms with E-state index in [0.717, 1.165) is 56.7 Å². The Morgan fingerprint density at radius 3 is 2.46 bits per heavy atom. The molecule has 4 unspecified atom stereocenters. The van der Waals surface area contributed by atoms with Crippen molar-refractivity contribution in [3.8, 4) is 28.4 Å². The number of aryl methyl sites for hydroxylation is 4. The molecule has 6 rings (SSSR count). The van der Waals surface area contributed by atoms with Crippen LogP contribution in [0, 0.1) is 33.6 Å². The zero-order chi connectivity index (χ0) is 26.1. The van der Waals surface area contributed by atoms with Crippen molar-refractivity contribution >= 4 is 9.03 Å². The fourth-order valence-electron chi connectivity index (χ4n) is 6.49. The normalized spacial score (nSPS) is 25.6. The number of fused-ring (bicyclic) bond motifs is 2. The molecule has 3 aliphatic carbocycles. The largest absolute Gasteiger partial charge is 0.512 e. The summed E-state index contributed by atoms with van der Waals surface area (Å²) in [5.41, 5.74) is 8.94. The molecule has 188 valence electrons. The highest BCUT2D eigenvalue weighted by Gasteiger charge is 2.69. The first-order valence-electron chi connectivity index (χ1n) is 12.6. The molecule has 2 N–H and O–H groups in total. The van der Waals surface area contributed by atoms with Crippen molar-refractivity contribution in [2.24, 2.45) is 5.92 Å². The number of phenols is 1. The van der Waals surface area contributed by atoms with E-state index in [1.165, 1.54) is 5.56 Å². The van der Waals surface area contributed by atoms with Gasteiger partial charge in [0, 0.05) is 22.1 Å². The van der Waals surface area contributed by atoms with Crippen LogP contribution in [0.15, 0.2) is 78.6 Å². The highest BCUT2D eigenvalue weighted by Crippen LogP contribution is 2.75. The molecule has 5 heteroatoms. The Morgan fingerprint density at radius 1 is 0.946 bits per heavy atom. The third-order valence-electron chi connectivity index (χ3n) is 8.14. The number of hydrogen-bond donors (Lipinski definition) is 2. The lowest BCUT2D eigenvalue weighted by Gasteiger charge is -2.42. The van der Waals surface area contributed by atoms with Gasteiger partial charge >= 0.3 is 0 Å². The molecule has 4 atom stereocenters. The lowest BCUT2D eigenvalue weighted by molar-refractivity contribution is 0.303. The minimum absolute atomic E-state index is 0.0671. The fourth-order valence-corrected chi connectivity index (χ4v) is 7.15. The average Bonchev–Trinajstić information content (AvgIpc) is 3.60. The van der Waals surface area contributed by atoms with E-state index in [1.807, 2.05) is 70.2 Å². The third-order valence-corrected chi connectivity index (χ3v) is 8.74.